The summed E-state index contributed by atoms with van der Waals surface area (Å²) >= 11 is 0. The van der Waals surface area contributed by atoms with Crippen LogP contribution in [0.3, 0.4) is 0 Å². The van der Waals surface area contributed by atoms with Gasteiger partial charge in [0, 0.05) is 7.05 Å². The predicted molar refractivity (Wildman–Crippen MR) is 33.2 cm³/mol. The molecule has 7 heteroatoms. The van der Waals surface area contributed by atoms with E-state index in [0.29, 0.717) is 10.7 Å². The van der Waals surface area contributed by atoms with E-state index in [1.54, 1.807) is 0 Å². The highest BCUT2D eigenvalue weighted by Crippen LogP contribution is 2.30. The van der Waals surface area contributed by atoms with Gasteiger partial charge in [-0.1, -0.05) is 0 Å². The van der Waals surface area contributed by atoms with E-state index in [0.717, 1.165) is 7.05 Å². The molecular formula is C6H5F5N2. The van der Waals surface area contributed by atoms with Crippen molar-refractivity contribution in [2.24, 2.45) is 7.05 Å². The average Bonchev–Trinajstić information content (AvgIpc) is 2.29. The number of rotatable bonds is 1. The molecule has 0 fully saturated rings. The Labute approximate surface area is 70.0 Å². The van der Waals surface area contributed by atoms with Gasteiger partial charge in [-0.25, -0.2) is 8.78 Å². The van der Waals surface area contributed by atoms with Crippen LogP contribution in [0.15, 0.2) is 6.07 Å². The van der Waals surface area contributed by atoms with Crippen LogP contribution >= 0.6 is 0 Å². The number of nitrogens with zero attached hydrogens (tertiary/aromatic N) is 2. The summed E-state index contributed by atoms with van der Waals surface area (Å²) in [6.07, 6.45) is -7.63. The molecule has 1 aromatic heterocycles. The third kappa shape index (κ3) is 1.96. The number of hydrogen-bond donors (Lipinski definition) is 0. The van der Waals surface area contributed by atoms with Gasteiger partial charge in [0.2, 0.25) is 0 Å². The number of hydrogen-bond acceptors (Lipinski definition) is 1. The zero-order chi connectivity index (χ0) is 10.2. The van der Waals surface area contributed by atoms with Gasteiger partial charge in [0.1, 0.15) is 5.69 Å². The first kappa shape index (κ1) is 9.94. The second kappa shape index (κ2) is 2.97. The smallest absolute Gasteiger partial charge is 0.266 e. The van der Waals surface area contributed by atoms with Crippen LogP contribution in [0.25, 0.3) is 0 Å². The molecule has 0 radical (unpaired) electrons. The lowest BCUT2D eigenvalue weighted by atomic mass is 10.3. The standard InChI is InChI=1S/C6H5F5N2/c1-13-3(5(7)8)2-4(12-13)6(9,10)11/h2,5H,1H3. The number of halogens is 5. The van der Waals surface area contributed by atoms with E-state index in [1.807, 2.05) is 0 Å². The van der Waals surface area contributed by atoms with Gasteiger partial charge < -0.3 is 0 Å². The molecule has 1 heterocycles. The average molecular weight is 200 g/mol. The summed E-state index contributed by atoms with van der Waals surface area (Å²) in [6.45, 7) is 0. The van der Waals surface area contributed by atoms with Gasteiger partial charge in [-0.3, -0.25) is 4.68 Å². The highest BCUT2D eigenvalue weighted by atomic mass is 19.4. The maximum Gasteiger partial charge on any atom is 0.435 e. The van der Waals surface area contributed by atoms with Crippen molar-refractivity contribution in [3.05, 3.63) is 17.5 Å². The molecule has 2 nitrogen and oxygen atoms in total. The second-order valence-corrected chi connectivity index (χ2v) is 2.38. The van der Waals surface area contributed by atoms with Crippen LogP contribution < -0.4 is 0 Å². The Morgan fingerprint density at radius 1 is 1.38 bits per heavy atom. The molecule has 0 saturated carbocycles. The molecule has 0 aromatic carbocycles. The van der Waals surface area contributed by atoms with Crippen molar-refractivity contribution in [2.75, 3.05) is 0 Å². The first-order valence-corrected chi connectivity index (χ1v) is 3.21. The van der Waals surface area contributed by atoms with Crippen molar-refractivity contribution in [3.63, 3.8) is 0 Å². The van der Waals surface area contributed by atoms with Crippen LogP contribution in [0.2, 0.25) is 0 Å². The third-order valence-electron chi connectivity index (χ3n) is 1.43. The summed E-state index contributed by atoms with van der Waals surface area (Å²) < 4.78 is 60.3. The Hall–Kier alpha value is -1.14. The molecule has 0 saturated heterocycles. The zero-order valence-corrected chi connectivity index (χ0v) is 6.44. The summed E-state index contributed by atoms with van der Waals surface area (Å²) in [5.74, 6) is 0. The zero-order valence-electron chi connectivity index (χ0n) is 6.44. The molecule has 1 rings (SSSR count). The molecule has 1 aromatic rings. The molecule has 0 amide bonds. The summed E-state index contributed by atoms with van der Waals surface area (Å²) in [5.41, 5.74) is -2.04. The minimum Gasteiger partial charge on any atom is -0.266 e. The predicted octanol–water partition coefficient (Wildman–Crippen LogP) is 2.38. The lowest BCUT2D eigenvalue weighted by molar-refractivity contribution is -0.141. The monoisotopic (exact) mass is 200 g/mol. The molecule has 13 heavy (non-hydrogen) atoms. The summed E-state index contributed by atoms with van der Waals surface area (Å²) in [4.78, 5) is 0. The third-order valence-corrected chi connectivity index (χ3v) is 1.43. The fourth-order valence-corrected chi connectivity index (χ4v) is 0.824. The van der Waals surface area contributed by atoms with Crippen LogP contribution in [0.5, 0.6) is 0 Å². The molecule has 0 aliphatic carbocycles. The van der Waals surface area contributed by atoms with Crippen LogP contribution in [0.4, 0.5) is 22.0 Å². The lowest BCUT2D eigenvalue weighted by Gasteiger charge is -1.98. The Morgan fingerprint density at radius 2 is 1.92 bits per heavy atom. The van der Waals surface area contributed by atoms with E-state index >= 15 is 0 Å². The Bertz CT molecular complexity index is 300. The van der Waals surface area contributed by atoms with Gasteiger partial charge in [-0.05, 0) is 6.07 Å². The first-order chi connectivity index (χ1) is 5.82. The van der Waals surface area contributed by atoms with Crippen LogP contribution in [-0.4, -0.2) is 9.78 Å². The Kier molecular flexibility index (Phi) is 2.27. The molecule has 0 aliphatic heterocycles. The highest BCUT2D eigenvalue weighted by Gasteiger charge is 2.35. The quantitative estimate of drug-likeness (QED) is 0.636. The molecule has 0 aliphatic rings. The molecular weight excluding hydrogens is 195 g/mol. The minimum atomic E-state index is -4.68. The van der Waals surface area contributed by atoms with E-state index in [-0.39, 0.29) is 0 Å². The number of aromatic nitrogens is 2. The summed E-state index contributed by atoms with van der Waals surface area (Å²) in [5, 5.41) is 2.91. The Morgan fingerprint density at radius 3 is 2.15 bits per heavy atom. The van der Waals surface area contributed by atoms with Crippen LogP contribution in [0.1, 0.15) is 17.8 Å². The van der Waals surface area contributed by atoms with Crippen molar-refractivity contribution >= 4 is 0 Å². The summed E-state index contributed by atoms with van der Waals surface area (Å²) in [6, 6.07) is 0.338. The van der Waals surface area contributed by atoms with Crippen molar-refractivity contribution in [2.45, 2.75) is 12.6 Å². The van der Waals surface area contributed by atoms with E-state index < -0.39 is 24.0 Å². The topological polar surface area (TPSA) is 17.8 Å². The second-order valence-electron chi connectivity index (χ2n) is 2.38. The van der Waals surface area contributed by atoms with E-state index in [9.17, 15) is 22.0 Å². The molecule has 0 unspecified atom stereocenters. The van der Waals surface area contributed by atoms with Crippen molar-refractivity contribution < 1.29 is 22.0 Å². The van der Waals surface area contributed by atoms with Gasteiger partial charge >= 0.3 is 6.18 Å². The SMILES string of the molecule is Cn1nc(C(F)(F)F)cc1C(F)F. The fourth-order valence-electron chi connectivity index (χ4n) is 0.824. The normalized spacial score (nSPS) is 12.5. The van der Waals surface area contributed by atoms with Crippen LogP contribution in [0, 0.1) is 0 Å². The number of aryl methyl sites for hydroxylation is 1. The summed E-state index contributed by atoms with van der Waals surface area (Å²) in [7, 11) is 1.04. The minimum absolute atomic E-state index is 0.338. The van der Waals surface area contributed by atoms with E-state index in [2.05, 4.69) is 5.10 Å². The lowest BCUT2D eigenvalue weighted by Crippen LogP contribution is -2.06. The first-order valence-electron chi connectivity index (χ1n) is 3.21. The molecule has 0 spiro atoms. The van der Waals surface area contributed by atoms with E-state index in [4.69, 9.17) is 0 Å². The number of alkyl halides is 5. The maximum atomic E-state index is 12.0. The van der Waals surface area contributed by atoms with Gasteiger partial charge in [0.05, 0.1) is 0 Å². The molecule has 0 atom stereocenters. The fraction of sp³-hybridized carbons (Fsp3) is 0.500. The van der Waals surface area contributed by atoms with Gasteiger partial charge in [-0.15, -0.1) is 0 Å². The van der Waals surface area contributed by atoms with Crippen LogP contribution in [-0.2, 0) is 13.2 Å². The molecule has 0 N–H and O–H groups in total. The van der Waals surface area contributed by atoms with Crippen molar-refractivity contribution in [1.29, 1.82) is 0 Å². The molecule has 0 bridgehead atoms. The Balaban J connectivity index is 3.10. The van der Waals surface area contributed by atoms with Crippen molar-refractivity contribution in [1.82, 2.24) is 9.78 Å². The largest absolute Gasteiger partial charge is 0.435 e. The highest BCUT2D eigenvalue weighted by molar-refractivity contribution is 5.13. The van der Waals surface area contributed by atoms with Crippen molar-refractivity contribution in [3.8, 4) is 0 Å². The maximum absolute atomic E-state index is 12.0. The van der Waals surface area contributed by atoms with Gasteiger partial charge in [0.15, 0.2) is 5.69 Å². The van der Waals surface area contributed by atoms with Gasteiger partial charge in [0.25, 0.3) is 6.43 Å². The van der Waals surface area contributed by atoms with Gasteiger partial charge in [-0.2, -0.15) is 18.3 Å². The molecule has 74 valence electrons. The van der Waals surface area contributed by atoms with E-state index in [1.165, 1.54) is 0 Å².